The molecule has 1 amide bonds. The van der Waals surface area contributed by atoms with Gasteiger partial charge in [0.05, 0.1) is 37.3 Å². The van der Waals surface area contributed by atoms with Gasteiger partial charge >= 0.3 is 5.97 Å². The summed E-state index contributed by atoms with van der Waals surface area (Å²) in [7, 11) is 0. The number of ether oxygens (including phenoxy) is 6. The van der Waals surface area contributed by atoms with Crippen molar-refractivity contribution in [3.63, 3.8) is 0 Å². The molecular formula is C30H35Cl2NO9. The van der Waals surface area contributed by atoms with Crippen molar-refractivity contribution in [3.8, 4) is 0 Å². The summed E-state index contributed by atoms with van der Waals surface area (Å²) in [6, 6.07) is 10.8. The number of hydrogen-bond donors (Lipinski definition) is 2. The second-order valence-corrected chi connectivity index (χ2v) is 11.6. The highest BCUT2D eigenvalue weighted by Crippen LogP contribution is 2.40. The predicted octanol–water partition coefficient (Wildman–Crippen LogP) is 4.44. The topological polar surface area (TPSA) is 136 Å². The van der Waals surface area contributed by atoms with Crippen molar-refractivity contribution in [3.05, 3.63) is 68.7 Å². The smallest absolute Gasteiger partial charge is 0.314 e. The molecule has 4 aliphatic heterocycles. The summed E-state index contributed by atoms with van der Waals surface area (Å²) < 4.78 is 32.6. The average Bonchev–Trinajstić information content (AvgIpc) is 3.73. The van der Waals surface area contributed by atoms with E-state index in [1.807, 2.05) is 12.1 Å². The van der Waals surface area contributed by atoms with Crippen LogP contribution in [0.25, 0.3) is 0 Å². The van der Waals surface area contributed by atoms with Gasteiger partial charge in [-0.3, -0.25) is 9.59 Å². The molecule has 0 unspecified atom stereocenters. The van der Waals surface area contributed by atoms with E-state index in [1.165, 1.54) is 0 Å². The Balaban J connectivity index is 0.000000168. The lowest BCUT2D eigenvalue weighted by Crippen LogP contribution is -2.45. The number of benzene rings is 2. The van der Waals surface area contributed by atoms with Crippen molar-refractivity contribution in [2.75, 3.05) is 52.9 Å². The Morgan fingerprint density at radius 1 is 0.643 bits per heavy atom. The summed E-state index contributed by atoms with van der Waals surface area (Å²) in [5, 5.41) is 10.8. The molecule has 0 atom stereocenters. The molecule has 228 valence electrons. The summed E-state index contributed by atoms with van der Waals surface area (Å²) in [6.45, 7) is 4.08. The van der Waals surface area contributed by atoms with Gasteiger partial charge in [0.2, 0.25) is 5.91 Å². The molecule has 6 rings (SSSR count). The zero-order valence-corrected chi connectivity index (χ0v) is 24.7. The molecular weight excluding hydrogens is 589 g/mol. The molecule has 4 fully saturated rings. The number of carboxylic acids is 1. The maximum Gasteiger partial charge on any atom is 0.314 e. The fraction of sp³-hybridized carbons (Fsp3) is 0.533. The summed E-state index contributed by atoms with van der Waals surface area (Å²) in [5.74, 6) is -1.18. The third-order valence-electron chi connectivity index (χ3n) is 8.31. The molecule has 4 heterocycles. The van der Waals surface area contributed by atoms with E-state index in [0.29, 0.717) is 94.1 Å². The highest BCUT2D eigenvalue weighted by molar-refractivity contribution is 6.31. The first-order chi connectivity index (χ1) is 20.2. The average molecular weight is 625 g/mol. The van der Waals surface area contributed by atoms with Crippen LogP contribution in [0.5, 0.6) is 0 Å². The van der Waals surface area contributed by atoms with Crippen molar-refractivity contribution in [1.29, 1.82) is 0 Å². The highest BCUT2D eigenvalue weighted by atomic mass is 35.5. The number of rotatable bonds is 6. The quantitative estimate of drug-likeness (QED) is 0.478. The fourth-order valence-corrected chi connectivity index (χ4v) is 6.38. The van der Waals surface area contributed by atoms with Gasteiger partial charge in [0.1, 0.15) is 0 Å². The predicted molar refractivity (Wildman–Crippen MR) is 152 cm³/mol. The molecule has 0 saturated carbocycles. The van der Waals surface area contributed by atoms with Crippen LogP contribution in [0.1, 0.15) is 60.5 Å². The Morgan fingerprint density at radius 2 is 1.02 bits per heavy atom. The summed E-state index contributed by atoms with van der Waals surface area (Å²) >= 11 is 12.4. The van der Waals surface area contributed by atoms with Crippen LogP contribution in [0.3, 0.4) is 0 Å². The van der Waals surface area contributed by atoms with Crippen LogP contribution in [-0.2, 0) is 48.8 Å². The zero-order valence-electron chi connectivity index (χ0n) is 23.2. The lowest BCUT2D eigenvalue weighted by molar-refractivity contribution is -0.147. The second-order valence-electron chi connectivity index (χ2n) is 10.8. The Hall–Kier alpha value is -2.28. The monoisotopic (exact) mass is 623 g/mol. The largest absolute Gasteiger partial charge is 0.481 e. The van der Waals surface area contributed by atoms with E-state index < -0.39 is 29.4 Å². The Morgan fingerprint density at radius 3 is 1.40 bits per heavy atom. The van der Waals surface area contributed by atoms with Crippen LogP contribution >= 0.6 is 23.2 Å². The summed E-state index contributed by atoms with van der Waals surface area (Å²) in [6.07, 6.45) is 1.12. The molecule has 42 heavy (non-hydrogen) atoms. The molecule has 2 aromatic rings. The molecule has 0 aromatic heterocycles. The molecule has 4 aliphatic rings. The number of aliphatic carboxylic acids is 1. The van der Waals surface area contributed by atoms with Crippen molar-refractivity contribution in [2.45, 2.75) is 49.1 Å². The molecule has 2 aromatic carbocycles. The minimum atomic E-state index is -0.948. The summed E-state index contributed by atoms with van der Waals surface area (Å²) in [5.41, 5.74) is 7.12. The van der Waals surface area contributed by atoms with Crippen LogP contribution in [0.2, 0.25) is 10.0 Å². The van der Waals surface area contributed by atoms with E-state index in [2.05, 4.69) is 0 Å². The number of amides is 1. The molecule has 4 saturated heterocycles. The van der Waals surface area contributed by atoms with E-state index in [4.69, 9.17) is 57.4 Å². The fourth-order valence-electron chi connectivity index (χ4n) is 5.89. The van der Waals surface area contributed by atoms with Gasteiger partial charge < -0.3 is 39.3 Å². The van der Waals surface area contributed by atoms with Crippen molar-refractivity contribution >= 4 is 35.1 Å². The van der Waals surface area contributed by atoms with Gasteiger partial charge in [-0.05, 0) is 73.2 Å². The first-order valence-corrected chi connectivity index (χ1v) is 14.8. The molecule has 3 N–H and O–H groups in total. The van der Waals surface area contributed by atoms with Gasteiger partial charge in [0, 0.05) is 47.6 Å². The highest BCUT2D eigenvalue weighted by Gasteiger charge is 2.43. The number of carboxylic acid groups (broad SMARTS) is 1. The number of carbonyl (C=O) groups excluding carboxylic acids is 1. The van der Waals surface area contributed by atoms with Gasteiger partial charge in [-0.25, -0.2) is 0 Å². The summed E-state index contributed by atoms with van der Waals surface area (Å²) in [4.78, 5) is 23.9. The van der Waals surface area contributed by atoms with Crippen LogP contribution < -0.4 is 5.73 Å². The van der Waals surface area contributed by atoms with Gasteiger partial charge in [-0.2, -0.15) is 0 Å². The zero-order chi connectivity index (χ0) is 29.7. The maximum atomic E-state index is 12.1. The molecule has 12 heteroatoms. The normalized spacial score (nSPS) is 22.3. The minimum Gasteiger partial charge on any atom is -0.481 e. The van der Waals surface area contributed by atoms with Gasteiger partial charge in [0.25, 0.3) is 0 Å². The lowest BCUT2D eigenvalue weighted by atomic mass is 9.73. The van der Waals surface area contributed by atoms with Gasteiger partial charge in [-0.15, -0.1) is 0 Å². The SMILES string of the molecule is NC(=O)C1(c2cc(Cl)cc(C3OCCO3)c2)CCOCC1.O=C(O)C1(c2cc(Cl)cc(C3OCCO3)c2)CCOCC1. The first-order valence-electron chi connectivity index (χ1n) is 14.0. The Kier molecular flexibility index (Phi) is 10.1. The molecule has 0 radical (unpaired) electrons. The third kappa shape index (κ3) is 6.61. The number of carbonyl (C=O) groups is 2. The molecule has 0 spiro atoms. The lowest BCUT2D eigenvalue weighted by Gasteiger charge is -2.35. The Labute approximate surface area is 254 Å². The molecule has 0 aliphatic carbocycles. The van der Waals surface area contributed by atoms with Crippen molar-refractivity contribution in [2.24, 2.45) is 5.73 Å². The van der Waals surface area contributed by atoms with E-state index in [0.717, 1.165) is 16.7 Å². The van der Waals surface area contributed by atoms with E-state index >= 15 is 0 Å². The number of nitrogens with two attached hydrogens (primary N) is 1. The Bertz CT molecular complexity index is 1170. The van der Waals surface area contributed by atoms with E-state index in [1.54, 1.807) is 24.3 Å². The number of hydrogen-bond acceptors (Lipinski definition) is 8. The molecule has 0 bridgehead atoms. The van der Waals surface area contributed by atoms with E-state index in [-0.39, 0.29) is 5.91 Å². The van der Waals surface area contributed by atoms with E-state index in [9.17, 15) is 14.7 Å². The van der Waals surface area contributed by atoms with Gasteiger partial charge in [0.15, 0.2) is 12.6 Å². The maximum absolute atomic E-state index is 12.1. The van der Waals surface area contributed by atoms with Crippen LogP contribution in [0, 0.1) is 0 Å². The third-order valence-corrected chi connectivity index (χ3v) is 8.74. The van der Waals surface area contributed by atoms with Crippen LogP contribution in [-0.4, -0.2) is 69.8 Å². The number of halogens is 2. The van der Waals surface area contributed by atoms with Crippen molar-refractivity contribution < 1.29 is 43.1 Å². The van der Waals surface area contributed by atoms with Crippen LogP contribution in [0.4, 0.5) is 0 Å². The van der Waals surface area contributed by atoms with Gasteiger partial charge in [-0.1, -0.05) is 23.2 Å². The minimum absolute atomic E-state index is 0.340. The standard InChI is InChI=1S/C15H18ClNO4.C15H17ClO5/c2*16-12-8-10(13-20-5-6-21-13)7-11(9-12)15(14(17)18)1-3-19-4-2-15/h7-9,13H,1-6H2,(H2,17,18);7-9,13H,1-6H2,(H,17,18). The number of primary amides is 1. The van der Waals surface area contributed by atoms with Crippen molar-refractivity contribution in [1.82, 2.24) is 0 Å². The molecule has 10 nitrogen and oxygen atoms in total. The van der Waals surface area contributed by atoms with Crippen LogP contribution in [0.15, 0.2) is 36.4 Å². The second kappa shape index (κ2) is 13.6. The first kappa shape index (κ1) is 31.2.